The van der Waals surface area contributed by atoms with E-state index in [1.165, 1.54) is 4.90 Å². The quantitative estimate of drug-likeness (QED) is 0.682. The zero-order chi connectivity index (χ0) is 20.4. The van der Waals surface area contributed by atoms with Crippen LogP contribution in [0, 0.1) is 6.92 Å². The third-order valence-corrected chi connectivity index (χ3v) is 5.14. The first kappa shape index (κ1) is 18.6. The Morgan fingerprint density at radius 3 is 2.03 bits per heavy atom. The zero-order valence-electron chi connectivity index (χ0n) is 16.0. The molecular weight excluding hydrogens is 364 g/mol. The van der Waals surface area contributed by atoms with Crippen molar-refractivity contribution in [1.29, 1.82) is 0 Å². The summed E-state index contributed by atoms with van der Waals surface area (Å²) in [5, 5.41) is 2.92. The minimum absolute atomic E-state index is 0.166. The Balaban J connectivity index is 1.41. The number of rotatable bonds is 5. The molecule has 0 saturated carbocycles. The lowest BCUT2D eigenvalue weighted by Gasteiger charge is -2.14. The van der Waals surface area contributed by atoms with Crippen molar-refractivity contribution in [3.63, 3.8) is 0 Å². The molecule has 4 rings (SSSR count). The summed E-state index contributed by atoms with van der Waals surface area (Å²) in [7, 11) is 0. The molecule has 0 atom stereocenters. The molecule has 144 valence electrons. The van der Waals surface area contributed by atoms with Crippen LogP contribution in [0.2, 0.25) is 0 Å². The largest absolute Gasteiger partial charge is 0.348 e. The smallest absolute Gasteiger partial charge is 0.261 e. The van der Waals surface area contributed by atoms with E-state index < -0.39 is 0 Å². The summed E-state index contributed by atoms with van der Waals surface area (Å²) in [6.07, 6.45) is 0. The Labute approximate surface area is 169 Å². The van der Waals surface area contributed by atoms with E-state index in [4.69, 9.17) is 0 Å². The maximum atomic E-state index is 12.5. The molecule has 1 N–H and O–H groups in total. The maximum Gasteiger partial charge on any atom is 0.261 e. The Hall–Kier alpha value is -3.73. The highest BCUT2D eigenvalue weighted by atomic mass is 16.2. The van der Waals surface area contributed by atoms with Gasteiger partial charge in [-0.2, -0.15) is 0 Å². The van der Waals surface area contributed by atoms with E-state index in [9.17, 15) is 14.4 Å². The molecule has 0 spiro atoms. The molecule has 1 heterocycles. The molecule has 0 bridgehead atoms. The molecule has 0 aliphatic carbocycles. The average Bonchev–Trinajstić information content (AvgIpc) is 2.98. The van der Waals surface area contributed by atoms with Crippen LogP contribution in [0.1, 0.15) is 47.8 Å². The minimum Gasteiger partial charge on any atom is -0.348 e. The summed E-state index contributed by atoms with van der Waals surface area (Å²) in [6.45, 7) is 2.65. The van der Waals surface area contributed by atoms with Crippen molar-refractivity contribution < 1.29 is 14.4 Å². The Morgan fingerprint density at radius 2 is 1.41 bits per heavy atom. The third kappa shape index (κ3) is 3.67. The molecule has 5 nitrogen and oxygen atoms in total. The summed E-state index contributed by atoms with van der Waals surface area (Å²) >= 11 is 0. The summed E-state index contributed by atoms with van der Waals surface area (Å²) in [4.78, 5) is 38.6. The number of carbonyl (C=O) groups is 3. The van der Waals surface area contributed by atoms with Crippen LogP contribution in [0.4, 0.5) is 0 Å². The van der Waals surface area contributed by atoms with E-state index in [-0.39, 0.29) is 24.3 Å². The number of hydrogen-bond acceptors (Lipinski definition) is 3. The highest BCUT2D eigenvalue weighted by Gasteiger charge is 2.34. The van der Waals surface area contributed by atoms with Crippen molar-refractivity contribution >= 4 is 17.7 Å². The van der Waals surface area contributed by atoms with Crippen molar-refractivity contribution in [2.75, 3.05) is 0 Å². The molecule has 3 aromatic rings. The number of nitrogens with one attached hydrogen (secondary N) is 1. The fraction of sp³-hybridized carbons (Fsp3) is 0.125. The highest BCUT2D eigenvalue weighted by Crippen LogP contribution is 2.24. The van der Waals surface area contributed by atoms with Crippen molar-refractivity contribution in [3.8, 4) is 0 Å². The SMILES string of the molecule is Cc1ccccc1CNC(=O)c1ccc(CN2C(=O)c3ccccc3C2=O)cc1. The van der Waals surface area contributed by atoms with E-state index in [1.54, 1.807) is 48.5 Å². The highest BCUT2D eigenvalue weighted by molar-refractivity contribution is 6.21. The average molecular weight is 384 g/mol. The number of fused-ring (bicyclic) bond motifs is 1. The summed E-state index contributed by atoms with van der Waals surface area (Å²) < 4.78 is 0. The van der Waals surface area contributed by atoms with Gasteiger partial charge >= 0.3 is 0 Å². The number of amides is 3. The molecule has 1 aliphatic rings. The summed E-state index contributed by atoms with van der Waals surface area (Å²) in [5.41, 5.74) is 4.39. The Bertz CT molecular complexity index is 1070. The lowest BCUT2D eigenvalue weighted by Crippen LogP contribution is -2.29. The van der Waals surface area contributed by atoms with Crippen molar-refractivity contribution in [2.24, 2.45) is 0 Å². The molecular formula is C24H20N2O3. The lowest BCUT2D eigenvalue weighted by molar-refractivity contribution is 0.0641. The minimum atomic E-state index is -0.286. The third-order valence-electron chi connectivity index (χ3n) is 5.14. The van der Waals surface area contributed by atoms with Gasteiger partial charge in [0.1, 0.15) is 0 Å². The second kappa shape index (κ2) is 7.72. The second-order valence-electron chi connectivity index (χ2n) is 7.05. The zero-order valence-corrected chi connectivity index (χ0v) is 16.0. The maximum absolute atomic E-state index is 12.5. The van der Waals surface area contributed by atoms with E-state index in [1.807, 2.05) is 31.2 Å². The molecule has 0 saturated heterocycles. The molecule has 5 heteroatoms. The van der Waals surface area contributed by atoms with Gasteiger partial charge in [0.15, 0.2) is 0 Å². The van der Waals surface area contributed by atoms with Crippen LogP contribution < -0.4 is 5.32 Å². The predicted molar refractivity (Wildman–Crippen MR) is 109 cm³/mol. The van der Waals surface area contributed by atoms with Gasteiger partial charge < -0.3 is 5.32 Å². The van der Waals surface area contributed by atoms with E-state index >= 15 is 0 Å². The van der Waals surface area contributed by atoms with Gasteiger partial charge in [-0.05, 0) is 47.9 Å². The molecule has 0 radical (unpaired) electrons. The van der Waals surface area contributed by atoms with Gasteiger partial charge in [-0.25, -0.2) is 0 Å². The van der Waals surface area contributed by atoms with Crippen LogP contribution >= 0.6 is 0 Å². The van der Waals surface area contributed by atoms with Crippen LogP contribution in [-0.4, -0.2) is 22.6 Å². The molecule has 0 aromatic heterocycles. The first-order valence-corrected chi connectivity index (χ1v) is 9.41. The fourth-order valence-corrected chi connectivity index (χ4v) is 3.41. The fourth-order valence-electron chi connectivity index (χ4n) is 3.41. The molecule has 0 unspecified atom stereocenters. The standard InChI is InChI=1S/C24H20N2O3/c1-16-6-2-3-7-19(16)14-25-22(27)18-12-10-17(11-13-18)15-26-23(28)20-8-4-5-9-21(20)24(26)29/h2-13H,14-15H2,1H3,(H,25,27). The van der Waals surface area contributed by atoms with Gasteiger partial charge in [-0.3, -0.25) is 19.3 Å². The first-order valence-electron chi connectivity index (χ1n) is 9.41. The monoisotopic (exact) mass is 384 g/mol. The molecule has 3 amide bonds. The second-order valence-corrected chi connectivity index (χ2v) is 7.05. The van der Waals surface area contributed by atoms with E-state index in [0.29, 0.717) is 23.2 Å². The molecule has 1 aliphatic heterocycles. The van der Waals surface area contributed by atoms with E-state index in [2.05, 4.69) is 5.32 Å². The first-order chi connectivity index (χ1) is 14.0. The Kier molecular flexibility index (Phi) is 4.96. The molecule has 0 fully saturated rings. The van der Waals surface area contributed by atoms with Gasteiger partial charge in [-0.1, -0.05) is 48.5 Å². The summed E-state index contributed by atoms with van der Waals surface area (Å²) in [5.74, 6) is -0.739. The van der Waals surface area contributed by atoms with Crippen LogP contribution in [0.25, 0.3) is 0 Å². The predicted octanol–water partition coefficient (Wildman–Crippen LogP) is 3.72. The van der Waals surface area contributed by atoms with Gasteiger partial charge in [0, 0.05) is 12.1 Å². The lowest BCUT2D eigenvalue weighted by atomic mass is 10.1. The number of nitrogens with zero attached hydrogens (tertiary/aromatic N) is 1. The molecule has 3 aromatic carbocycles. The van der Waals surface area contributed by atoms with Crippen molar-refractivity contribution in [3.05, 3.63) is 106 Å². The number of aryl methyl sites for hydroxylation is 1. The van der Waals surface area contributed by atoms with Crippen LogP contribution in [-0.2, 0) is 13.1 Å². The van der Waals surface area contributed by atoms with Gasteiger partial charge in [0.2, 0.25) is 0 Å². The van der Waals surface area contributed by atoms with Crippen LogP contribution in [0.3, 0.4) is 0 Å². The molecule has 29 heavy (non-hydrogen) atoms. The van der Waals surface area contributed by atoms with Gasteiger partial charge in [0.05, 0.1) is 17.7 Å². The van der Waals surface area contributed by atoms with Gasteiger partial charge in [-0.15, -0.1) is 0 Å². The van der Waals surface area contributed by atoms with E-state index in [0.717, 1.165) is 16.7 Å². The number of benzene rings is 3. The Morgan fingerprint density at radius 1 is 0.828 bits per heavy atom. The number of imide groups is 1. The number of carbonyl (C=O) groups excluding carboxylic acids is 3. The van der Waals surface area contributed by atoms with Crippen LogP contribution in [0.15, 0.2) is 72.8 Å². The van der Waals surface area contributed by atoms with Crippen molar-refractivity contribution in [2.45, 2.75) is 20.0 Å². The van der Waals surface area contributed by atoms with Crippen LogP contribution in [0.5, 0.6) is 0 Å². The van der Waals surface area contributed by atoms with Gasteiger partial charge in [0.25, 0.3) is 17.7 Å². The normalized spacial score (nSPS) is 12.8. The summed E-state index contributed by atoms with van der Waals surface area (Å²) in [6, 6.07) is 21.7. The van der Waals surface area contributed by atoms with Crippen molar-refractivity contribution in [1.82, 2.24) is 10.2 Å². The topological polar surface area (TPSA) is 66.5 Å². The number of hydrogen-bond donors (Lipinski definition) is 1.